The molecule has 2 heterocycles. The molecule has 0 saturated heterocycles. The number of amides is 1. The maximum atomic E-state index is 14.4. The van der Waals surface area contributed by atoms with Gasteiger partial charge in [0.25, 0.3) is 0 Å². The lowest BCUT2D eigenvalue weighted by atomic mass is 10.1. The molecule has 0 bridgehead atoms. The molecule has 0 radical (unpaired) electrons. The molecular weight excluding hydrogens is 373 g/mol. The van der Waals surface area contributed by atoms with Crippen LogP contribution in [-0.2, 0) is 6.54 Å². The molecule has 0 saturated carbocycles. The van der Waals surface area contributed by atoms with Crippen molar-refractivity contribution in [1.82, 2.24) is 20.0 Å². The van der Waals surface area contributed by atoms with Gasteiger partial charge in [-0.2, -0.15) is 0 Å². The van der Waals surface area contributed by atoms with Crippen LogP contribution in [0.4, 0.5) is 4.39 Å². The molecule has 0 aliphatic carbocycles. The summed E-state index contributed by atoms with van der Waals surface area (Å²) in [5.74, 6) is -0.328. The van der Waals surface area contributed by atoms with Gasteiger partial charge < -0.3 is 10.5 Å². The first-order valence-electron chi connectivity index (χ1n) is 8.75. The summed E-state index contributed by atoms with van der Waals surface area (Å²) in [4.78, 5) is 15.3. The molecule has 144 valence electrons. The van der Waals surface area contributed by atoms with E-state index < -0.39 is 11.7 Å². The van der Waals surface area contributed by atoms with Crippen molar-refractivity contribution in [3.05, 3.63) is 90.1 Å². The van der Waals surface area contributed by atoms with Gasteiger partial charge in [-0.25, -0.2) is 9.07 Å². The average Bonchev–Trinajstić information content (AvgIpc) is 3.19. The maximum absolute atomic E-state index is 14.4. The van der Waals surface area contributed by atoms with E-state index in [4.69, 9.17) is 10.5 Å². The molecule has 0 atom stereocenters. The van der Waals surface area contributed by atoms with Crippen molar-refractivity contribution >= 4 is 5.91 Å². The summed E-state index contributed by atoms with van der Waals surface area (Å²) < 4.78 is 21.5. The lowest BCUT2D eigenvalue weighted by molar-refractivity contribution is 0.1000. The first-order valence-corrected chi connectivity index (χ1v) is 8.75. The number of carbonyl (C=O) groups excluding carboxylic acids is 1. The minimum absolute atomic E-state index is 0.147. The lowest BCUT2D eigenvalue weighted by Crippen LogP contribution is -2.11. The zero-order valence-corrected chi connectivity index (χ0v) is 15.2. The van der Waals surface area contributed by atoms with Gasteiger partial charge in [-0.1, -0.05) is 29.5 Å². The number of halogens is 1. The van der Waals surface area contributed by atoms with Crippen molar-refractivity contribution in [2.24, 2.45) is 5.73 Å². The Hall–Kier alpha value is -4.07. The average molecular weight is 389 g/mol. The minimum Gasteiger partial charge on any atom is -0.454 e. The van der Waals surface area contributed by atoms with Crippen molar-refractivity contribution in [2.75, 3.05) is 0 Å². The molecule has 0 aliphatic heterocycles. The van der Waals surface area contributed by atoms with E-state index in [9.17, 15) is 9.18 Å². The second-order valence-corrected chi connectivity index (χ2v) is 6.31. The summed E-state index contributed by atoms with van der Waals surface area (Å²) in [5.41, 5.74) is 7.41. The molecule has 4 aromatic rings. The van der Waals surface area contributed by atoms with E-state index in [2.05, 4.69) is 15.3 Å². The van der Waals surface area contributed by atoms with E-state index in [1.807, 2.05) is 18.2 Å². The summed E-state index contributed by atoms with van der Waals surface area (Å²) in [6.07, 6.45) is 4.64. The molecule has 2 aromatic heterocycles. The van der Waals surface area contributed by atoms with Crippen LogP contribution in [0.2, 0.25) is 0 Å². The van der Waals surface area contributed by atoms with Crippen molar-refractivity contribution in [3.8, 4) is 22.8 Å². The van der Waals surface area contributed by atoms with Crippen LogP contribution in [0.5, 0.6) is 11.5 Å². The van der Waals surface area contributed by atoms with Gasteiger partial charge in [0.15, 0.2) is 11.6 Å². The van der Waals surface area contributed by atoms with Crippen molar-refractivity contribution in [2.45, 2.75) is 6.54 Å². The number of pyridine rings is 1. The Kier molecular flexibility index (Phi) is 4.98. The fraction of sp³-hybridized carbons (Fsp3) is 0.0476. The van der Waals surface area contributed by atoms with E-state index in [1.165, 1.54) is 12.3 Å². The molecule has 2 aromatic carbocycles. The zero-order valence-electron chi connectivity index (χ0n) is 15.2. The van der Waals surface area contributed by atoms with Crippen molar-refractivity contribution in [1.29, 1.82) is 0 Å². The number of aromatic nitrogens is 4. The Labute approximate surface area is 165 Å². The van der Waals surface area contributed by atoms with Gasteiger partial charge in [0.2, 0.25) is 5.91 Å². The number of nitrogens with zero attached hydrogens (tertiary/aromatic N) is 4. The summed E-state index contributed by atoms with van der Waals surface area (Å²) in [6.45, 7) is 0.318. The molecular formula is C21H16FN5O2. The Balaban J connectivity index is 1.49. The Morgan fingerprint density at radius 2 is 1.93 bits per heavy atom. The number of para-hydroxylation sites is 1. The van der Waals surface area contributed by atoms with Gasteiger partial charge >= 0.3 is 0 Å². The van der Waals surface area contributed by atoms with Gasteiger partial charge in [-0.15, -0.1) is 5.10 Å². The predicted molar refractivity (Wildman–Crippen MR) is 104 cm³/mol. The number of nitrogens with two attached hydrogens (primary N) is 1. The second kappa shape index (κ2) is 7.89. The van der Waals surface area contributed by atoms with Crippen LogP contribution in [0.25, 0.3) is 11.3 Å². The number of rotatable bonds is 6. The van der Waals surface area contributed by atoms with Crippen LogP contribution in [0.15, 0.2) is 73.2 Å². The maximum Gasteiger partial charge on any atom is 0.250 e. The summed E-state index contributed by atoms with van der Waals surface area (Å²) in [5, 5.41) is 8.13. The largest absolute Gasteiger partial charge is 0.454 e. The molecule has 7 nitrogen and oxygen atoms in total. The van der Waals surface area contributed by atoms with E-state index >= 15 is 0 Å². The van der Waals surface area contributed by atoms with E-state index in [0.717, 1.165) is 0 Å². The predicted octanol–water partition coefficient (Wildman–Crippen LogP) is 3.42. The zero-order chi connectivity index (χ0) is 20.2. The highest BCUT2D eigenvalue weighted by Crippen LogP contribution is 2.25. The van der Waals surface area contributed by atoms with E-state index in [1.54, 1.807) is 47.4 Å². The highest BCUT2D eigenvalue weighted by atomic mass is 19.1. The van der Waals surface area contributed by atoms with Crippen LogP contribution in [-0.4, -0.2) is 25.9 Å². The van der Waals surface area contributed by atoms with Crippen LogP contribution in [0.1, 0.15) is 15.9 Å². The Morgan fingerprint density at radius 3 is 2.69 bits per heavy atom. The van der Waals surface area contributed by atoms with E-state index in [0.29, 0.717) is 29.1 Å². The molecule has 0 fully saturated rings. The van der Waals surface area contributed by atoms with Gasteiger partial charge in [-0.05, 0) is 35.9 Å². The Morgan fingerprint density at radius 1 is 1.10 bits per heavy atom. The molecule has 0 aliphatic rings. The topological polar surface area (TPSA) is 95.9 Å². The normalized spacial score (nSPS) is 10.7. The first-order chi connectivity index (χ1) is 14.1. The highest BCUT2D eigenvalue weighted by molar-refractivity contribution is 5.93. The van der Waals surface area contributed by atoms with Gasteiger partial charge in [0, 0.05) is 18.0 Å². The van der Waals surface area contributed by atoms with Crippen LogP contribution >= 0.6 is 0 Å². The highest BCUT2D eigenvalue weighted by Gasteiger charge is 2.10. The second-order valence-electron chi connectivity index (χ2n) is 6.31. The number of benzene rings is 2. The Bertz CT molecular complexity index is 1160. The van der Waals surface area contributed by atoms with E-state index in [-0.39, 0.29) is 11.3 Å². The summed E-state index contributed by atoms with van der Waals surface area (Å²) >= 11 is 0. The van der Waals surface area contributed by atoms with Crippen LogP contribution in [0.3, 0.4) is 0 Å². The monoisotopic (exact) mass is 389 g/mol. The number of ether oxygens (including phenoxy) is 1. The van der Waals surface area contributed by atoms with Crippen molar-refractivity contribution in [3.63, 3.8) is 0 Å². The van der Waals surface area contributed by atoms with Gasteiger partial charge in [0.05, 0.1) is 18.3 Å². The molecule has 2 N–H and O–H groups in total. The smallest absolute Gasteiger partial charge is 0.250 e. The molecule has 0 spiro atoms. The number of hydrogen-bond donors (Lipinski definition) is 1. The first kappa shape index (κ1) is 18.3. The molecule has 1 amide bonds. The third-order valence-electron chi connectivity index (χ3n) is 4.17. The number of hydrogen-bond acceptors (Lipinski definition) is 5. The quantitative estimate of drug-likeness (QED) is 0.545. The molecule has 8 heteroatoms. The molecule has 29 heavy (non-hydrogen) atoms. The third-order valence-corrected chi connectivity index (χ3v) is 4.17. The van der Waals surface area contributed by atoms with Gasteiger partial charge in [-0.3, -0.25) is 9.78 Å². The number of primary amides is 1. The standard InChI is InChI=1S/C21H16FN5O2/c22-18-8-14(6-7-20(18)29-17-4-2-1-3-5-17)12-27-13-19(25-26-27)15-9-16(21(23)28)11-24-10-15/h1-11,13H,12H2,(H2,23,28). The summed E-state index contributed by atoms with van der Waals surface area (Å²) in [6, 6.07) is 15.3. The fourth-order valence-electron chi connectivity index (χ4n) is 2.75. The lowest BCUT2D eigenvalue weighted by Gasteiger charge is -2.08. The van der Waals surface area contributed by atoms with Crippen LogP contribution in [0, 0.1) is 5.82 Å². The van der Waals surface area contributed by atoms with Crippen LogP contribution < -0.4 is 10.5 Å². The minimum atomic E-state index is -0.569. The third kappa shape index (κ3) is 4.27. The summed E-state index contributed by atoms with van der Waals surface area (Å²) in [7, 11) is 0. The van der Waals surface area contributed by atoms with Gasteiger partial charge in [0.1, 0.15) is 11.4 Å². The molecule has 4 rings (SSSR count). The van der Waals surface area contributed by atoms with Crippen molar-refractivity contribution < 1.29 is 13.9 Å². The fourth-order valence-corrected chi connectivity index (χ4v) is 2.75. The molecule has 0 unspecified atom stereocenters. The SMILES string of the molecule is NC(=O)c1cncc(-c2cn(Cc3ccc(Oc4ccccc4)c(F)c3)nn2)c1. The number of carbonyl (C=O) groups is 1.